The molecule has 3 aromatic rings. The molecule has 0 aliphatic rings. The number of carbonyl (C=O) groups excluding carboxylic acids is 2. The minimum absolute atomic E-state index is 0.0340. The summed E-state index contributed by atoms with van der Waals surface area (Å²) in [7, 11) is 0. The SMILES string of the molecule is C#CC(C)(C)OC(=O)NOCCOc1ccc2oc(C(=O)Nc3ccc(Cl)cn3)c(N)c2c1. The number of rotatable bonds is 8. The summed E-state index contributed by atoms with van der Waals surface area (Å²) in [5.41, 5.74) is 7.72. The van der Waals surface area contributed by atoms with E-state index in [0.717, 1.165) is 0 Å². The van der Waals surface area contributed by atoms with E-state index >= 15 is 0 Å². The summed E-state index contributed by atoms with van der Waals surface area (Å²) < 4.78 is 16.1. The van der Waals surface area contributed by atoms with Gasteiger partial charge in [0.05, 0.1) is 10.7 Å². The van der Waals surface area contributed by atoms with Gasteiger partial charge >= 0.3 is 6.09 Å². The van der Waals surface area contributed by atoms with Crippen LogP contribution in [0.5, 0.6) is 5.75 Å². The number of hydroxylamine groups is 1. The van der Waals surface area contributed by atoms with Crippen LogP contribution in [0.15, 0.2) is 40.9 Å². The van der Waals surface area contributed by atoms with Crippen LogP contribution >= 0.6 is 11.6 Å². The largest absolute Gasteiger partial charge is 0.491 e. The molecule has 0 atom stereocenters. The number of hydrogen-bond acceptors (Lipinski definition) is 8. The van der Waals surface area contributed by atoms with Gasteiger partial charge < -0.3 is 24.9 Å². The zero-order valence-electron chi connectivity index (χ0n) is 17.8. The summed E-state index contributed by atoms with van der Waals surface area (Å²) in [5.74, 6) is 2.47. The number of benzene rings is 1. The van der Waals surface area contributed by atoms with Gasteiger partial charge in [-0.25, -0.2) is 9.78 Å². The Balaban J connectivity index is 1.55. The number of nitrogens with two attached hydrogens (primary N) is 1. The van der Waals surface area contributed by atoms with Gasteiger partial charge in [0.1, 0.15) is 30.4 Å². The number of terminal acetylenes is 1. The molecule has 10 nitrogen and oxygen atoms in total. The zero-order valence-corrected chi connectivity index (χ0v) is 18.6. The van der Waals surface area contributed by atoms with Crippen molar-refractivity contribution in [2.24, 2.45) is 0 Å². The Bertz CT molecular complexity index is 1200. The highest BCUT2D eigenvalue weighted by atomic mass is 35.5. The number of pyridine rings is 1. The Morgan fingerprint density at radius 3 is 2.76 bits per heavy atom. The molecule has 0 saturated carbocycles. The lowest BCUT2D eigenvalue weighted by Crippen LogP contribution is -2.34. The minimum atomic E-state index is -1.05. The van der Waals surface area contributed by atoms with Gasteiger partial charge in [-0.3, -0.25) is 9.63 Å². The number of hydrogen-bond donors (Lipinski definition) is 3. The first-order valence-electron chi connectivity index (χ1n) is 9.65. The third-order valence-electron chi connectivity index (χ3n) is 4.18. The lowest BCUT2D eigenvalue weighted by molar-refractivity contribution is -0.00468. The third kappa shape index (κ3) is 6.29. The number of anilines is 2. The van der Waals surface area contributed by atoms with Crippen LogP contribution in [0.4, 0.5) is 16.3 Å². The Labute approximate surface area is 194 Å². The smallest absolute Gasteiger partial charge is 0.432 e. The number of nitrogens with one attached hydrogen (secondary N) is 2. The molecule has 11 heteroatoms. The first-order chi connectivity index (χ1) is 15.7. The van der Waals surface area contributed by atoms with Gasteiger partial charge in [0.15, 0.2) is 5.60 Å². The Hall–Kier alpha value is -3.94. The summed E-state index contributed by atoms with van der Waals surface area (Å²) in [4.78, 5) is 33.1. The molecule has 2 heterocycles. The summed E-state index contributed by atoms with van der Waals surface area (Å²) in [6.07, 6.45) is 5.83. The lowest BCUT2D eigenvalue weighted by Gasteiger charge is -2.18. The Morgan fingerprint density at radius 1 is 1.27 bits per heavy atom. The van der Waals surface area contributed by atoms with E-state index in [4.69, 9.17) is 42.5 Å². The molecule has 0 saturated heterocycles. The van der Waals surface area contributed by atoms with Crippen molar-refractivity contribution in [2.45, 2.75) is 19.4 Å². The molecule has 4 N–H and O–H groups in total. The van der Waals surface area contributed by atoms with Crippen molar-refractivity contribution in [1.82, 2.24) is 10.5 Å². The highest BCUT2D eigenvalue weighted by Gasteiger charge is 2.20. The molecule has 0 aliphatic heterocycles. The standard InChI is InChI=1S/C22H21ClN4O6/c1-4-22(2,3)33-21(29)27-31-10-9-30-14-6-7-16-15(11-14)18(24)19(32-16)20(28)26-17-8-5-13(23)12-25-17/h1,5-8,11-12H,9-10,24H2,2-3H3,(H,27,29)(H,25,26,28). The summed E-state index contributed by atoms with van der Waals surface area (Å²) in [6.45, 7) is 3.28. The molecule has 2 amide bonds. The van der Waals surface area contributed by atoms with E-state index in [1.54, 1.807) is 44.2 Å². The fourth-order valence-electron chi connectivity index (χ4n) is 2.57. The third-order valence-corrected chi connectivity index (χ3v) is 4.40. The number of fused-ring (bicyclic) bond motifs is 1. The molecule has 2 aromatic heterocycles. The molecule has 0 fully saturated rings. The number of ether oxygens (including phenoxy) is 2. The predicted molar refractivity (Wildman–Crippen MR) is 122 cm³/mol. The molecule has 0 spiro atoms. The molecule has 0 aliphatic carbocycles. The Morgan fingerprint density at radius 2 is 2.06 bits per heavy atom. The summed E-state index contributed by atoms with van der Waals surface area (Å²) >= 11 is 5.79. The number of nitrogens with zero attached hydrogens (tertiary/aromatic N) is 1. The molecule has 0 bridgehead atoms. The maximum atomic E-state index is 12.5. The van der Waals surface area contributed by atoms with Crippen molar-refractivity contribution in [2.75, 3.05) is 24.3 Å². The van der Waals surface area contributed by atoms with Crippen molar-refractivity contribution < 1.29 is 28.3 Å². The second kappa shape index (κ2) is 10.1. The van der Waals surface area contributed by atoms with E-state index in [-0.39, 0.29) is 24.7 Å². The van der Waals surface area contributed by atoms with Crippen molar-refractivity contribution in [3.05, 3.63) is 47.3 Å². The number of halogens is 1. The van der Waals surface area contributed by atoms with E-state index < -0.39 is 17.6 Å². The summed E-state index contributed by atoms with van der Waals surface area (Å²) in [5, 5.41) is 3.53. The number of aromatic nitrogens is 1. The zero-order chi connectivity index (χ0) is 24.0. The average Bonchev–Trinajstić information content (AvgIpc) is 3.11. The second-order valence-corrected chi connectivity index (χ2v) is 7.60. The van der Waals surface area contributed by atoms with E-state index in [1.165, 1.54) is 6.20 Å². The topological polar surface area (TPSA) is 138 Å². The minimum Gasteiger partial charge on any atom is -0.491 e. The number of nitrogen functional groups attached to an aromatic ring is 1. The van der Waals surface area contributed by atoms with E-state index in [0.29, 0.717) is 27.6 Å². The van der Waals surface area contributed by atoms with Gasteiger partial charge in [-0.1, -0.05) is 17.5 Å². The monoisotopic (exact) mass is 472 g/mol. The van der Waals surface area contributed by atoms with E-state index in [9.17, 15) is 9.59 Å². The maximum Gasteiger partial charge on any atom is 0.432 e. The van der Waals surface area contributed by atoms with E-state index in [2.05, 4.69) is 21.7 Å². The first-order valence-corrected chi connectivity index (χ1v) is 10.0. The fraction of sp³-hybridized carbons (Fsp3) is 0.227. The van der Waals surface area contributed by atoms with Gasteiger partial charge in [0, 0.05) is 11.6 Å². The van der Waals surface area contributed by atoms with Crippen LogP contribution in [-0.4, -0.2) is 35.8 Å². The van der Waals surface area contributed by atoms with Gasteiger partial charge in [-0.15, -0.1) is 6.42 Å². The number of amides is 2. The van der Waals surface area contributed by atoms with Gasteiger partial charge in [-0.05, 0) is 44.2 Å². The average molecular weight is 473 g/mol. The molecular weight excluding hydrogens is 452 g/mol. The van der Waals surface area contributed by atoms with E-state index in [1.807, 2.05) is 0 Å². The highest BCUT2D eigenvalue weighted by molar-refractivity contribution is 6.30. The Kier molecular flexibility index (Phi) is 7.27. The normalized spacial score (nSPS) is 11.0. The van der Waals surface area contributed by atoms with Gasteiger partial charge in [-0.2, -0.15) is 5.48 Å². The lowest BCUT2D eigenvalue weighted by atomic mass is 10.2. The molecule has 1 aromatic carbocycles. The van der Waals surface area contributed by atoms with Crippen LogP contribution in [0.3, 0.4) is 0 Å². The molecule has 0 unspecified atom stereocenters. The second-order valence-electron chi connectivity index (χ2n) is 7.16. The van der Waals surface area contributed by atoms with Crippen LogP contribution in [0.2, 0.25) is 5.02 Å². The highest BCUT2D eigenvalue weighted by Crippen LogP contribution is 2.31. The van der Waals surface area contributed by atoms with Crippen molar-refractivity contribution in [1.29, 1.82) is 0 Å². The molecule has 0 radical (unpaired) electrons. The van der Waals surface area contributed by atoms with Crippen molar-refractivity contribution >= 4 is 46.1 Å². The van der Waals surface area contributed by atoms with Crippen LogP contribution in [0.25, 0.3) is 11.0 Å². The maximum absolute atomic E-state index is 12.5. The van der Waals surface area contributed by atoms with Crippen molar-refractivity contribution in [3.63, 3.8) is 0 Å². The molecule has 172 valence electrons. The van der Waals surface area contributed by atoms with Gasteiger partial charge in [0.2, 0.25) is 5.76 Å². The summed E-state index contributed by atoms with van der Waals surface area (Å²) in [6, 6.07) is 8.04. The van der Waals surface area contributed by atoms with Crippen LogP contribution in [-0.2, 0) is 9.57 Å². The quantitative estimate of drug-likeness (QED) is 0.256. The van der Waals surface area contributed by atoms with Crippen LogP contribution in [0.1, 0.15) is 24.4 Å². The molecular formula is C22H21ClN4O6. The number of carbonyl (C=O) groups is 2. The van der Waals surface area contributed by atoms with Gasteiger partial charge in [0.25, 0.3) is 5.91 Å². The molecule has 3 rings (SSSR count). The van der Waals surface area contributed by atoms with Crippen molar-refractivity contribution in [3.8, 4) is 18.1 Å². The number of furan rings is 1. The fourth-order valence-corrected chi connectivity index (χ4v) is 2.68. The molecule has 33 heavy (non-hydrogen) atoms. The van der Waals surface area contributed by atoms with Crippen LogP contribution in [0, 0.1) is 12.3 Å². The first kappa shape index (κ1) is 23.7. The predicted octanol–water partition coefficient (Wildman–Crippen LogP) is 3.76. The van der Waals surface area contributed by atoms with Crippen LogP contribution < -0.4 is 21.3 Å².